The quantitative estimate of drug-likeness (QED) is 0.831. The van der Waals surface area contributed by atoms with Crippen molar-refractivity contribution in [2.75, 3.05) is 11.9 Å². The number of anilines is 1. The molecule has 0 aliphatic carbocycles. The molecular weight excluding hydrogens is 262 g/mol. The smallest absolute Gasteiger partial charge is 0.133 e. The molecular formula is C13H17N3S2. The zero-order valence-electron chi connectivity index (χ0n) is 10.8. The van der Waals surface area contributed by atoms with Crippen LogP contribution in [0.1, 0.15) is 32.3 Å². The van der Waals surface area contributed by atoms with Crippen molar-refractivity contribution in [1.29, 1.82) is 0 Å². The molecule has 0 unspecified atom stereocenters. The van der Waals surface area contributed by atoms with E-state index in [1.165, 1.54) is 9.77 Å². The topological polar surface area (TPSA) is 37.8 Å². The number of thiophene rings is 1. The Morgan fingerprint density at radius 3 is 2.83 bits per heavy atom. The van der Waals surface area contributed by atoms with Gasteiger partial charge in [-0.3, -0.25) is 0 Å². The van der Waals surface area contributed by atoms with Crippen LogP contribution in [0.25, 0.3) is 0 Å². The van der Waals surface area contributed by atoms with Crippen molar-refractivity contribution < 1.29 is 0 Å². The monoisotopic (exact) mass is 279 g/mol. The Balaban J connectivity index is 2.36. The average Bonchev–Trinajstić information content (AvgIpc) is 2.82. The molecule has 2 heterocycles. The first-order valence-electron chi connectivity index (χ1n) is 6.02. The lowest BCUT2D eigenvalue weighted by Gasteiger charge is -2.15. The maximum atomic E-state index is 4.44. The van der Waals surface area contributed by atoms with Crippen molar-refractivity contribution in [3.8, 4) is 0 Å². The number of rotatable bonds is 5. The van der Waals surface area contributed by atoms with Gasteiger partial charge in [0, 0.05) is 12.1 Å². The van der Waals surface area contributed by atoms with E-state index in [4.69, 9.17) is 0 Å². The lowest BCUT2D eigenvalue weighted by Crippen LogP contribution is -2.07. The highest BCUT2D eigenvalue weighted by atomic mass is 32.2. The Morgan fingerprint density at radius 1 is 1.39 bits per heavy atom. The molecule has 2 rings (SSSR count). The minimum absolute atomic E-state index is 0.405. The Hall–Kier alpha value is -1.07. The first kappa shape index (κ1) is 13.4. The summed E-state index contributed by atoms with van der Waals surface area (Å²) >= 11 is 3.46. The second-order valence-electron chi connectivity index (χ2n) is 4.16. The molecule has 0 aliphatic heterocycles. The summed E-state index contributed by atoms with van der Waals surface area (Å²) in [6.07, 6.45) is 1.64. The predicted molar refractivity (Wildman–Crippen MR) is 78.7 cm³/mol. The molecule has 1 N–H and O–H groups in total. The van der Waals surface area contributed by atoms with E-state index in [9.17, 15) is 0 Å². The molecule has 96 valence electrons. The third-order valence-electron chi connectivity index (χ3n) is 2.46. The Bertz CT molecular complexity index is 495. The number of nitrogens with zero attached hydrogens (tertiary/aromatic N) is 2. The Morgan fingerprint density at radius 2 is 2.22 bits per heavy atom. The SMILES string of the molecule is CCNc1ncnc(Sc2cccs2)c1C(C)C. The van der Waals surface area contributed by atoms with E-state index in [1.807, 2.05) is 0 Å². The summed E-state index contributed by atoms with van der Waals surface area (Å²) in [7, 11) is 0. The normalized spacial score (nSPS) is 10.9. The molecule has 2 aromatic heterocycles. The maximum Gasteiger partial charge on any atom is 0.133 e. The van der Waals surface area contributed by atoms with E-state index in [-0.39, 0.29) is 0 Å². The second kappa shape index (κ2) is 6.20. The second-order valence-corrected chi connectivity index (χ2v) is 6.40. The van der Waals surface area contributed by atoms with Gasteiger partial charge in [0.05, 0.1) is 4.21 Å². The van der Waals surface area contributed by atoms with Crippen molar-refractivity contribution in [3.05, 3.63) is 29.4 Å². The third-order valence-corrected chi connectivity index (χ3v) is 4.52. The van der Waals surface area contributed by atoms with Gasteiger partial charge < -0.3 is 5.32 Å². The Labute approximate surface area is 116 Å². The van der Waals surface area contributed by atoms with Gasteiger partial charge in [-0.25, -0.2) is 9.97 Å². The van der Waals surface area contributed by atoms with E-state index in [2.05, 4.69) is 53.6 Å². The summed E-state index contributed by atoms with van der Waals surface area (Å²) < 4.78 is 1.26. The van der Waals surface area contributed by atoms with Crippen LogP contribution in [0, 0.1) is 0 Å². The van der Waals surface area contributed by atoms with Gasteiger partial charge in [0.15, 0.2) is 0 Å². The van der Waals surface area contributed by atoms with Gasteiger partial charge in [0.25, 0.3) is 0 Å². The van der Waals surface area contributed by atoms with Crippen molar-refractivity contribution >= 4 is 28.9 Å². The van der Waals surface area contributed by atoms with Gasteiger partial charge in [0.1, 0.15) is 17.2 Å². The number of hydrogen-bond acceptors (Lipinski definition) is 5. The van der Waals surface area contributed by atoms with Crippen molar-refractivity contribution in [3.63, 3.8) is 0 Å². The Kier molecular flexibility index (Phi) is 4.60. The minimum atomic E-state index is 0.405. The average molecular weight is 279 g/mol. The molecule has 0 aromatic carbocycles. The highest BCUT2D eigenvalue weighted by Gasteiger charge is 2.15. The maximum absolute atomic E-state index is 4.44. The molecule has 0 fully saturated rings. The number of aromatic nitrogens is 2. The van der Waals surface area contributed by atoms with Crippen LogP contribution in [0.4, 0.5) is 5.82 Å². The highest BCUT2D eigenvalue weighted by Crippen LogP contribution is 2.37. The lowest BCUT2D eigenvalue weighted by molar-refractivity contribution is 0.803. The molecule has 3 nitrogen and oxygen atoms in total. The summed E-state index contributed by atoms with van der Waals surface area (Å²) in [5.41, 5.74) is 1.21. The first-order valence-corrected chi connectivity index (χ1v) is 7.72. The first-order chi connectivity index (χ1) is 8.72. The predicted octanol–water partition coefficient (Wildman–Crippen LogP) is 4.24. The molecule has 0 aliphatic rings. The van der Waals surface area contributed by atoms with Crippen LogP contribution < -0.4 is 5.32 Å². The fourth-order valence-electron chi connectivity index (χ4n) is 1.71. The van der Waals surface area contributed by atoms with Gasteiger partial charge in [-0.05, 0) is 24.3 Å². The van der Waals surface area contributed by atoms with Crippen LogP contribution in [-0.4, -0.2) is 16.5 Å². The number of hydrogen-bond donors (Lipinski definition) is 1. The summed E-state index contributed by atoms with van der Waals surface area (Å²) in [6.45, 7) is 7.31. The molecule has 0 saturated carbocycles. The van der Waals surface area contributed by atoms with Gasteiger partial charge in [-0.2, -0.15) is 0 Å². The summed E-state index contributed by atoms with van der Waals surface area (Å²) in [5.74, 6) is 1.37. The molecule has 0 bridgehead atoms. The molecule has 0 saturated heterocycles. The van der Waals surface area contributed by atoms with E-state index in [1.54, 1.807) is 29.4 Å². The van der Waals surface area contributed by atoms with E-state index < -0.39 is 0 Å². The van der Waals surface area contributed by atoms with Crippen LogP contribution in [-0.2, 0) is 0 Å². The molecule has 0 atom stereocenters. The fraction of sp³-hybridized carbons (Fsp3) is 0.385. The largest absolute Gasteiger partial charge is 0.370 e. The van der Waals surface area contributed by atoms with Crippen molar-refractivity contribution in [1.82, 2.24) is 9.97 Å². The third kappa shape index (κ3) is 3.03. The lowest BCUT2D eigenvalue weighted by atomic mass is 10.1. The van der Waals surface area contributed by atoms with E-state index in [0.29, 0.717) is 5.92 Å². The van der Waals surface area contributed by atoms with Gasteiger partial charge >= 0.3 is 0 Å². The summed E-state index contributed by atoms with van der Waals surface area (Å²) in [4.78, 5) is 8.78. The van der Waals surface area contributed by atoms with E-state index in [0.717, 1.165) is 17.4 Å². The van der Waals surface area contributed by atoms with Crippen LogP contribution in [0.3, 0.4) is 0 Å². The molecule has 2 aromatic rings. The zero-order chi connectivity index (χ0) is 13.0. The fourth-order valence-corrected chi connectivity index (χ4v) is 3.63. The summed E-state index contributed by atoms with van der Waals surface area (Å²) in [6, 6.07) is 4.18. The highest BCUT2D eigenvalue weighted by molar-refractivity contribution is 8.01. The van der Waals surface area contributed by atoms with Crippen LogP contribution in [0.5, 0.6) is 0 Å². The van der Waals surface area contributed by atoms with Crippen LogP contribution in [0.15, 0.2) is 33.1 Å². The zero-order valence-corrected chi connectivity index (χ0v) is 12.4. The standard InChI is InChI=1S/C13H17N3S2/c1-4-14-12-11(9(2)3)13(16-8-15-12)18-10-6-5-7-17-10/h5-9H,4H2,1-3H3,(H,14,15,16). The molecule has 18 heavy (non-hydrogen) atoms. The molecule has 0 amide bonds. The molecule has 0 radical (unpaired) electrons. The van der Waals surface area contributed by atoms with Gasteiger partial charge in [0.2, 0.25) is 0 Å². The number of nitrogens with one attached hydrogen (secondary N) is 1. The van der Waals surface area contributed by atoms with Crippen molar-refractivity contribution in [2.24, 2.45) is 0 Å². The van der Waals surface area contributed by atoms with Crippen LogP contribution >= 0.6 is 23.1 Å². The molecule has 5 heteroatoms. The van der Waals surface area contributed by atoms with Crippen LogP contribution in [0.2, 0.25) is 0 Å². The van der Waals surface area contributed by atoms with Crippen molar-refractivity contribution in [2.45, 2.75) is 35.9 Å². The summed E-state index contributed by atoms with van der Waals surface area (Å²) in [5, 5.41) is 6.46. The molecule has 0 spiro atoms. The van der Waals surface area contributed by atoms with E-state index >= 15 is 0 Å². The van der Waals surface area contributed by atoms with Gasteiger partial charge in [-0.1, -0.05) is 31.7 Å². The minimum Gasteiger partial charge on any atom is -0.370 e. The van der Waals surface area contributed by atoms with Gasteiger partial charge in [-0.15, -0.1) is 11.3 Å².